The molecule has 0 heterocycles. The number of carbonyl (C=O) groups excluding carboxylic acids is 2. The second-order valence-corrected chi connectivity index (χ2v) is 17.5. The summed E-state index contributed by atoms with van der Waals surface area (Å²) in [5.41, 5.74) is 2.11. The van der Waals surface area contributed by atoms with Gasteiger partial charge >= 0.3 is 0 Å². The summed E-state index contributed by atoms with van der Waals surface area (Å²) in [6.07, 6.45) is 4.50. The highest BCUT2D eigenvalue weighted by atomic mass is 16.5. The predicted molar refractivity (Wildman–Crippen MR) is 234 cm³/mol. The van der Waals surface area contributed by atoms with Crippen LogP contribution in [0.15, 0.2) is 116 Å². The number of carbonyl (C=O) groups is 2. The molecule has 0 bridgehead atoms. The Morgan fingerprint density at radius 2 is 1.07 bits per heavy atom. The fraction of sp³-hybridized carbons (Fsp3) is 0.412. The van der Waals surface area contributed by atoms with Crippen molar-refractivity contribution in [2.45, 2.75) is 108 Å². The molecule has 1 aliphatic rings. The first-order chi connectivity index (χ1) is 27.8. The number of fused-ring (bicyclic) bond motifs is 1. The van der Waals surface area contributed by atoms with Crippen molar-refractivity contribution in [1.29, 1.82) is 0 Å². The lowest BCUT2D eigenvalue weighted by atomic mass is 9.69. The lowest BCUT2D eigenvalue weighted by molar-refractivity contribution is -0.136. The smallest absolute Gasteiger partial charge is 0.186 e. The summed E-state index contributed by atoms with van der Waals surface area (Å²) >= 11 is 0. The van der Waals surface area contributed by atoms with Crippen LogP contribution in [0, 0.1) is 0 Å². The molecule has 8 heteroatoms. The normalized spacial score (nSPS) is 15.2. The van der Waals surface area contributed by atoms with Gasteiger partial charge in [0.05, 0.1) is 27.4 Å². The van der Waals surface area contributed by atoms with E-state index in [0.29, 0.717) is 37.6 Å². The van der Waals surface area contributed by atoms with Gasteiger partial charge in [0.1, 0.15) is 33.9 Å². The number of ether oxygens (including phenoxy) is 6. The molecule has 0 saturated heterocycles. The van der Waals surface area contributed by atoms with Crippen molar-refractivity contribution in [2.75, 3.05) is 27.4 Å². The van der Waals surface area contributed by atoms with Gasteiger partial charge in [0.25, 0.3) is 0 Å². The molecule has 59 heavy (non-hydrogen) atoms. The topological polar surface area (TPSA) is 89.5 Å². The monoisotopic (exact) mass is 802 g/mol. The highest BCUT2D eigenvalue weighted by molar-refractivity contribution is 5.96. The Labute approximate surface area is 351 Å². The molecule has 1 unspecified atom stereocenters. The zero-order valence-electron chi connectivity index (χ0n) is 36.6. The molecule has 4 aromatic carbocycles. The third-order valence-electron chi connectivity index (χ3n) is 11.5. The van der Waals surface area contributed by atoms with Crippen LogP contribution < -0.4 is 18.9 Å². The SMILES string of the molecule is C=CC(=O)C(C)(C)OCCC(C)(C)Oc1ccc(C2(c3ccc(OC(C)(C)CCOC(C)(C)C(=O)C=C)cc3)CC(c3ccccc3)c3cc(OC)c(OC)cc32)cc1. The summed E-state index contributed by atoms with van der Waals surface area (Å²) in [5, 5.41) is 0. The van der Waals surface area contributed by atoms with Crippen LogP contribution in [0.5, 0.6) is 23.0 Å². The number of hydrogen-bond donors (Lipinski definition) is 0. The minimum atomic E-state index is -0.948. The molecular formula is C51H62O8. The van der Waals surface area contributed by atoms with Crippen LogP contribution in [0.25, 0.3) is 0 Å². The lowest BCUT2D eigenvalue weighted by Gasteiger charge is -2.34. The molecule has 0 saturated carbocycles. The predicted octanol–water partition coefficient (Wildman–Crippen LogP) is 10.8. The Balaban J connectivity index is 1.51. The maximum atomic E-state index is 12.2. The Kier molecular flexibility index (Phi) is 13.7. The molecule has 314 valence electrons. The van der Waals surface area contributed by atoms with Crippen LogP contribution >= 0.6 is 0 Å². The molecule has 0 amide bonds. The van der Waals surface area contributed by atoms with Gasteiger partial charge in [-0.15, -0.1) is 0 Å². The van der Waals surface area contributed by atoms with E-state index in [9.17, 15) is 9.59 Å². The van der Waals surface area contributed by atoms with Gasteiger partial charge in [-0.25, -0.2) is 0 Å². The highest BCUT2D eigenvalue weighted by Crippen LogP contribution is 2.58. The molecule has 5 rings (SSSR count). The second-order valence-electron chi connectivity index (χ2n) is 17.5. The van der Waals surface area contributed by atoms with Crippen LogP contribution in [0.2, 0.25) is 0 Å². The molecule has 1 aliphatic carbocycles. The standard InChI is InChI=1S/C51H62O8/c1-13-45(52)49(7,8)56-30-28-47(3,4)58-38-24-20-36(21-25-38)51(34-41(35-18-16-15-17-19-35)40-32-43(54-11)44(55-12)33-42(40)51)37-22-26-39(27-23-37)59-48(5,6)29-31-57-50(9,10)46(53)14-2/h13-27,32-33,41H,1-2,28-31,34H2,3-12H3. The van der Waals surface area contributed by atoms with E-state index in [4.69, 9.17) is 28.4 Å². The van der Waals surface area contributed by atoms with E-state index in [1.807, 2.05) is 58.0 Å². The third-order valence-corrected chi connectivity index (χ3v) is 11.5. The molecule has 8 nitrogen and oxygen atoms in total. The average molecular weight is 803 g/mol. The number of methoxy groups -OCH3 is 2. The van der Waals surface area contributed by atoms with Crippen LogP contribution in [0.4, 0.5) is 0 Å². The number of rotatable bonds is 21. The first-order valence-electron chi connectivity index (χ1n) is 20.3. The van der Waals surface area contributed by atoms with Crippen molar-refractivity contribution >= 4 is 11.6 Å². The van der Waals surface area contributed by atoms with Gasteiger partial charge < -0.3 is 28.4 Å². The fourth-order valence-electron chi connectivity index (χ4n) is 7.87. The van der Waals surface area contributed by atoms with Gasteiger partial charge in [0, 0.05) is 24.2 Å². The molecule has 0 radical (unpaired) electrons. The van der Waals surface area contributed by atoms with Gasteiger partial charge in [0.15, 0.2) is 23.1 Å². The minimum absolute atomic E-state index is 0.0603. The maximum absolute atomic E-state index is 12.2. The first-order valence-corrected chi connectivity index (χ1v) is 20.3. The molecule has 0 aromatic heterocycles. The summed E-state index contributed by atoms with van der Waals surface area (Å²) in [4.78, 5) is 24.5. The quantitative estimate of drug-likeness (QED) is 0.0770. The van der Waals surface area contributed by atoms with E-state index in [-0.39, 0.29) is 17.5 Å². The van der Waals surface area contributed by atoms with Gasteiger partial charge in [-0.05, 0) is 138 Å². The summed E-state index contributed by atoms with van der Waals surface area (Å²) in [7, 11) is 3.34. The van der Waals surface area contributed by atoms with Crippen molar-refractivity contribution in [3.8, 4) is 23.0 Å². The van der Waals surface area contributed by atoms with Gasteiger partial charge in [-0.2, -0.15) is 0 Å². The Morgan fingerprint density at radius 3 is 1.47 bits per heavy atom. The van der Waals surface area contributed by atoms with Crippen molar-refractivity contribution in [3.05, 3.63) is 144 Å². The summed E-state index contributed by atoms with van der Waals surface area (Å²) in [6, 6.07) is 31.6. The Hall–Kier alpha value is -5.18. The maximum Gasteiger partial charge on any atom is 0.186 e. The second kappa shape index (κ2) is 18.0. The summed E-state index contributed by atoms with van der Waals surface area (Å²) < 4.78 is 36.8. The van der Waals surface area contributed by atoms with E-state index < -0.39 is 27.8 Å². The summed E-state index contributed by atoms with van der Waals surface area (Å²) in [5.74, 6) is 2.55. The van der Waals surface area contributed by atoms with Crippen molar-refractivity contribution in [1.82, 2.24) is 0 Å². The molecule has 0 spiro atoms. The molecular weight excluding hydrogens is 741 g/mol. The Bertz CT molecular complexity index is 2000. The fourth-order valence-corrected chi connectivity index (χ4v) is 7.87. The zero-order valence-corrected chi connectivity index (χ0v) is 36.6. The average Bonchev–Trinajstić information content (AvgIpc) is 3.54. The molecule has 1 atom stereocenters. The molecule has 0 N–H and O–H groups in total. The molecule has 0 fully saturated rings. The zero-order chi connectivity index (χ0) is 43.2. The molecule has 0 aliphatic heterocycles. The molecule has 4 aromatic rings. The van der Waals surface area contributed by atoms with Gasteiger partial charge in [-0.3, -0.25) is 9.59 Å². The lowest BCUT2D eigenvalue weighted by Crippen LogP contribution is -2.37. The van der Waals surface area contributed by atoms with E-state index in [1.54, 1.807) is 41.9 Å². The van der Waals surface area contributed by atoms with Crippen LogP contribution in [0.1, 0.15) is 108 Å². The van der Waals surface area contributed by atoms with Crippen molar-refractivity contribution in [3.63, 3.8) is 0 Å². The van der Waals surface area contributed by atoms with Crippen LogP contribution in [-0.4, -0.2) is 61.4 Å². The number of benzene rings is 4. The van der Waals surface area contributed by atoms with Crippen LogP contribution in [-0.2, 0) is 24.5 Å². The van der Waals surface area contributed by atoms with E-state index in [1.165, 1.54) is 23.3 Å². The van der Waals surface area contributed by atoms with Crippen molar-refractivity contribution in [2.24, 2.45) is 0 Å². The highest BCUT2D eigenvalue weighted by Gasteiger charge is 2.48. The largest absolute Gasteiger partial charge is 0.493 e. The third kappa shape index (κ3) is 10.2. The Morgan fingerprint density at radius 1 is 0.644 bits per heavy atom. The number of ketones is 2. The van der Waals surface area contributed by atoms with E-state index in [0.717, 1.165) is 34.6 Å². The van der Waals surface area contributed by atoms with Gasteiger partial charge in [-0.1, -0.05) is 67.8 Å². The first kappa shape index (κ1) is 44.9. The minimum Gasteiger partial charge on any atom is -0.493 e. The van der Waals surface area contributed by atoms with E-state index in [2.05, 4.69) is 73.8 Å². The van der Waals surface area contributed by atoms with Crippen molar-refractivity contribution < 1.29 is 38.0 Å². The van der Waals surface area contributed by atoms with Gasteiger partial charge in [0.2, 0.25) is 0 Å². The van der Waals surface area contributed by atoms with E-state index >= 15 is 0 Å². The summed E-state index contributed by atoms with van der Waals surface area (Å²) in [6.45, 7) is 23.0. The van der Waals surface area contributed by atoms with Crippen LogP contribution in [0.3, 0.4) is 0 Å². The number of hydrogen-bond acceptors (Lipinski definition) is 8.